The molecule has 0 atom stereocenters. The van der Waals surface area contributed by atoms with Crippen LogP contribution in [-0.4, -0.2) is 80.1 Å². The first-order valence-corrected chi connectivity index (χ1v) is 10.3. The fraction of sp³-hybridized carbons (Fsp3) is 0.778. The molecule has 0 unspecified atom stereocenters. The van der Waals surface area contributed by atoms with Crippen LogP contribution in [0.4, 0.5) is 0 Å². The summed E-state index contributed by atoms with van der Waals surface area (Å²) in [4.78, 5) is 15.6. The number of aliphatic imine (C=N–C) groups is 1. The molecule has 8 heteroatoms. The molecule has 6 nitrogen and oxygen atoms in total. The van der Waals surface area contributed by atoms with Gasteiger partial charge in [0, 0.05) is 44.0 Å². The average Bonchev–Trinajstić information content (AvgIpc) is 2.77. The number of likely N-dealkylation sites (N-methyl/N-ethyl adjacent to an activating group) is 1. The zero-order valence-corrected chi connectivity index (χ0v) is 19.8. The van der Waals surface area contributed by atoms with Crippen LogP contribution < -0.4 is 10.6 Å². The molecule has 1 aromatic heterocycles. The summed E-state index contributed by atoms with van der Waals surface area (Å²) in [7, 11) is 2.21. The Kier molecular flexibility index (Phi) is 11.7. The monoisotopic (exact) mass is 494 g/mol. The smallest absolute Gasteiger partial charge is 0.191 e. The first kappa shape index (κ1) is 23.6. The number of thiazole rings is 1. The van der Waals surface area contributed by atoms with Gasteiger partial charge in [-0.15, -0.1) is 35.3 Å². The van der Waals surface area contributed by atoms with E-state index >= 15 is 0 Å². The summed E-state index contributed by atoms with van der Waals surface area (Å²) < 4.78 is 0. The maximum atomic E-state index is 4.73. The van der Waals surface area contributed by atoms with Crippen LogP contribution in [0.15, 0.2) is 4.99 Å². The molecular weight excluding hydrogens is 459 g/mol. The number of aryl methyl sites for hydroxylation is 2. The Morgan fingerprint density at radius 2 is 2.00 bits per heavy atom. The van der Waals surface area contributed by atoms with Crippen LogP contribution in [0.5, 0.6) is 0 Å². The van der Waals surface area contributed by atoms with Crippen LogP contribution >= 0.6 is 35.3 Å². The van der Waals surface area contributed by atoms with Gasteiger partial charge in [0.25, 0.3) is 0 Å². The van der Waals surface area contributed by atoms with Gasteiger partial charge in [-0.2, -0.15) is 0 Å². The molecule has 1 saturated heterocycles. The number of aromatic nitrogens is 1. The lowest BCUT2D eigenvalue weighted by Gasteiger charge is -2.19. The molecule has 0 aromatic carbocycles. The molecule has 0 aliphatic carbocycles. The van der Waals surface area contributed by atoms with Gasteiger partial charge >= 0.3 is 0 Å². The second-order valence-corrected chi connectivity index (χ2v) is 7.97. The van der Waals surface area contributed by atoms with Crippen molar-refractivity contribution >= 4 is 41.3 Å². The highest BCUT2D eigenvalue weighted by atomic mass is 127. The van der Waals surface area contributed by atoms with Gasteiger partial charge in [-0.05, 0) is 47.3 Å². The van der Waals surface area contributed by atoms with Crippen molar-refractivity contribution in [2.24, 2.45) is 4.99 Å². The van der Waals surface area contributed by atoms with Crippen molar-refractivity contribution in [1.29, 1.82) is 0 Å². The Morgan fingerprint density at radius 3 is 2.69 bits per heavy atom. The van der Waals surface area contributed by atoms with Gasteiger partial charge in [0.2, 0.25) is 0 Å². The van der Waals surface area contributed by atoms with Crippen molar-refractivity contribution in [1.82, 2.24) is 25.4 Å². The van der Waals surface area contributed by atoms with E-state index in [1.165, 1.54) is 29.4 Å². The summed E-state index contributed by atoms with van der Waals surface area (Å²) in [5.41, 5.74) is 1.16. The van der Waals surface area contributed by atoms with E-state index in [4.69, 9.17) is 4.99 Å². The fourth-order valence-corrected chi connectivity index (χ4v) is 3.84. The quantitative estimate of drug-likeness (QED) is 0.346. The highest BCUT2D eigenvalue weighted by molar-refractivity contribution is 14.0. The maximum absolute atomic E-state index is 4.73. The van der Waals surface area contributed by atoms with E-state index < -0.39 is 0 Å². The SMILES string of the molecule is CCNC(=NCCN1CCCN(C)CC1)NCCc1nc(C)c(C)s1.I. The Bertz CT molecular complexity index is 528. The molecule has 2 N–H and O–H groups in total. The fourth-order valence-electron chi connectivity index (χ4n) is 2.90. The molecule has 1 aliphatic rings. The molecule has 2 rings (SSSR count). The highest BCUT2D eigenvalue weighted by Gasteiger charge is 2.11. The van der Waals surface area contributed by atoms with Crippen molar-refractivity contribution < 1.29 is 0 Å². The Labute approximate surface area is 179 Å². The minimum atomic E-state index is 0. The minimum Gasteiger partial charge on any atom is -0.357 e. The van der Waals surface area contributed by atoms with E-state index in [0.29, 0.717) is 0 Å². The molecule has 0 saturated carbocycles. The van der Waals surface area contributed by atoms with E-state index in [0.717, 1.165) is 57.3 Å². The second-order valence-electron chi connectivity index (χ2n) is 6.69. The molecule has 0 spiro atoms. The minimum absolute atomic E-state index is 0. The molecule has 1 fully saturated rings. The zero-order valence-electron chi connectivity index (χ0n) is 16.7. The highest BCUT2D eigenvalue weighted by Crippen LogP contribution is 2.16. The van der Waals surface area contributed by atoms with Gasteiger partial charge in [0.05, 0.1) is 17.2 Å². The van der Waals surface area contributed by atoms with Crippen molar-refractivity contribution in [2.75, 3.05) is 59.4 Å². The van der Waals surface area contributed by atoms with Gasteiger partial charge < -0.3 is 20.4 Å². The zero-order chi connectivity index (χ0) is 18.1. The summed E-state index contributed by atoms with van der Waals surface area (Å²) in [5.74, 6) is 0.916. The number of guanidine groups is 1. The number of hydrogen-bond acceptors (Lipinski definition) is 5. The maximum Gasteiger partial charge on any atom is 0.191 e. The Balaban J connectivity index is 0.00000338. The molecule has 150 valence electrons. The van der Waals surface area contributed by atoms with Crippen LogP contribution in [0.25, 0.3) is 0 Å². The van der Waals surface area contributed by atoms with Gasteiger partial charge in [0.15, 0.2) is 5.96 Å². The number of hydrogen-bond donors (Lipinski definition) is 2. The largest absolute Gasteiger partial charge is 0.357 e. The number of rotatable bonds is 7. The average molecular weight is 494 g/mol. The van der Waals surface area contributed by atoms with E-state index in [-0.39, 0.29) is 24.0 Å². The van der Waals surface area contributed by atoms with E-state index in [9.17, 15) is 0 Å². The summed E-state index contributed by atoms with van der Waals surface area (Å²) >= 11 is 1.80. The first-order valence-electron chi connectivity index (χ1n) is 9.44. The van der Waals surface area contributed by atoms with E-state index in [1.54, 1.807) is 11.3 Å². The lowest BCUT2D eigenvalue weighted by molar-refractivity contribution is 0.283. The molecule has 1 aromatic rings. The summed E-state index contributed by atoms with van der Waals surface area (Å²) in [5, 5.41) is 7.97. The standard InChI is InChI=1S/C18H34N6S.HI/c1-5-19-18(20-8-7-17-22-15(2)16(3)25-17)21-9-12-24-11-6-10-23(4)13-14-24;/h5-14H2,1-4H3,(H2,19,20,21);1H. The van der Waals surface area contributed by atoms with E-state index in [1.807, 2.05) is 0 Å². The predicted molar refractivity (Wildman–Crippen MR) is 123 cm³/mol. The Morgan fingerprint density at radius 1 is 1.19 bits per heavy atom. The lowest BCUT2D eigenvalue weighted by Crippen LogP contribution is -2.39. The second kappa shape index (κ2) is 12.9. The lowest BCUT2D eigenvalue weighted by atomic mass is 10.4. The van der Waals surface area contributed by atoms with Gasteiger partial charge in [-0.1, -0.05) is 0 Å². The van der Waals surface area contributed by atoms with Crippen molar-refractivity contribution in [3.63, 3.8) is 0 Å². The molecule has 0 bridgehead atoms. The molecule has 26 heavy (non-hydrogen) atoms. The topological polar surface area (TPSA) is 55.8 Å². The van der Waals surface area contributed by atoms with Crippen molar-refractivity contribution in [2.45, 2.75) is 33.6 Å². The predicted octanol–water partition coefficient (Wildman–Crippen LogP) is 2.11. The van der Waals surface area contributed by atoms with Crippen LogP contribution in [0.2, 0.25) is 0 Å². The summed E-state index contributed by atoms with van der Waals surface area (Å²) in [6.07, 6.45) is 2.20. The van der Waals surface area contributed by atoms with Crippen LogP contribution in [-0.2, 0) is 6.42 Å². The number of nitrogens with one attached hydrogen (secondary N) is 2. The first-order chi connectivity index (χ1) is 12.1. The Hall–Kier alpha value is -0.450. The molecular formula is C18H35IN6S. The van der Waals surface area contributed by atoms with Crippen LogP contribution in [0.3, 0.4) is 0 Å². The van der Waals surface area contributed by atoms with Crippen molar-refractivity contribution in [3.8, 4) is 0 Å². The van der Waals surface area contributed by atoms with Gasteiger partial charge in [-0.3, -0.25) is 4.99 Å². The molecule has 0 amide bonds. The third-order valence-corrected chi connectivity index (χ3v) is 5.68. The number of nitrogens with zero attached hydrogens (tertiary/aromatic N) is 4. The van der Waals surface area contributed by atoms with E-state index in [2.05, 4.69) is 53.2 Å². The third kappa shape index (κ3) is 8.49. The molecule has 2 heterocycles. The molecule has 1 aliphatic heterocycles. The number of halogens is 1. The summed E-state index contributed by atoms with van der Waals surface area (Å²) in [6.45, 7) is 14.7. The van der Waals surface area contributed by atoms with Crippen LogP contribution in [0, 0.1) is 13.8 Å². The van der Waals surface area contributed by atoms with Crippen molar-refractivity contribution in [3.05, 3.63) is 15.6 Å². The van der Waals surface area contributed by atoms with Gasteiger partial charge in [-0.25, -0.2) is 4.98 Å². The normalized spacial score (nSPS) is 16.8. The third-order valence-electron chi connectivity index (χ3n) is 4.55. The van der Waals surface area contributed by atoms with Gasteiger partial charge in [0.1, 0.15) is 0 Å². The van der Waals surface area contributed by atoms with Crippen LogP contribution in [0.1, 0.15) is 28.9 Å². The molecule has 0 radical (unpaired) electrons. The summed E-state index contributed by atoms with van der Waals surface area (Å²) in [6, 6.07) is 0.